The third kappa shape index (κ3) is 2.52. The lowest BCUT2D eigenvalue weighted by atomic mass is 10.2. The van der Waals surface area contributed by atoms with Gasteiger partial charge in [-0.2, -0.15) is 0 Å². The minimum absolute atomic E-state index is 0.622. The van der Waals surface area contributed by atoms with Gasteiger partial charge in [0, 0.05) is 30.4 Å². The predicted molar refractivity (Wildman–Crippen MR) is 76.1 cm³/mol. The molecule has 2 aromatic heterocycles. The average molecular weight is 322 g/mol. The number of hydrogen-bond acceptors (Lipinski definition) is 3. The van der Waals surface area contributed by atoms with Crippen LogP contribution in [0, 0.1) is 4.64 Å². The maximum atomic E-state index is 5.30. The summed E-state index contributed by atoms with van der Waals surface area (Å²) in [6.07, 6.45) is 6.85. The number of pyridine rings is 1. The molecule has 1 aliphatic carbocycles. The van der Waals surface area contributed by atoms with Crippen LogP contribution in [0.1, 0.15) is 35.8 Å². The van der Waals surface area contributed by atoms with Gasteiger partial charge < -0.3 is 4.98 Å². The van der Waals surface area contributed by atoms with Crippen molar-refractivity contribution in [3.05, 3.63) is 50.7 Å². The van der Waals surface area contributed by atoms with Crippen molar-refractivity contribution < 1.29 is 0 Å². The van der Waals surface area contributed by atoms with Crippen LogP contribution in [0.3, 0.4) is 0 Å². The highest BCUT2D eigenvalue weighted by molar-refractivity contribution is 9.10. The molecule has 0 atom stereocenters. The highest BCUT2D eigenvalue weighted by atomic mass is 79.9. The zero-order valence-electron chi connectivity index (χ0n) is 9.69. The predicted octanol–water partition coefficient (Wildman–Crippen LogP) is 3.76. The molecular weight excluding hydrogens is 310 g/mol. The summed E-state index contributed by atoms with van der Waals surface area (Å²) < 4.78 is 1.60. The van der Waals surface area contributed by atoms with Crippen LogP contribution in [0.5, 0.6) is 0 Å². The van der Waals surface area contributed by atoms with Gasteiger partial charge >= 0.3 is 0 Å². The Labute approximate surface area is 119 Å². The number of nitrogens with one attached hydrogen (secondary N) is 1. The van der Waals surface area contributed by atoms with Crippen molar-refractivity contribution in [2.45, 2.75) is 25.2 Å². The van der Waals surface area contributed by atoms with Gasteiger partial charge in [-0.05, 0) is 40.4 Å². The van der Waals surface area contributed by atoms with Crippen molar-refractivity contribution >= 4 is 28.1 Å². The van der Waals surface area contributed by atoms with Gasteiger partial charge in [0.2, 0.25) is 0 Å². The number of halogens is 1. The van der Waals surface area contributed by atoms with Gasteiger partial charge in [0.1, 0.15) is 10.5 Å². The molecule has 0 saturated heterocycles. The number of aromatic nitrogens is 3. The van der Waals surface area contributed by atoms with E-state index in [4.69, 9.17) is 12.2 Å². The van der Waals surface area contributed by atoms with E-state index in [9.17, 15) is 0 Å². The van der Waals surface area contributed by atoms with E-state index in [1.807, 2.05) is 18.3 Å². The highest BCUT2D eigenvalue weighted by Gasteiger charge is 2.27. The number of rotatable bonds is 3. The second kappa shape index (κ2) is 4.90. The van der Waals surface area contributed by atoms with Crippen LogP contribution in [0.15, 0.2) is 29.0 Å². The van der Waals surface area contributed by atoms with E-state index >= 15 is 0 Å². The Kier molecular flexibility index (Phi) is 3.26. The quantitative estimate of drug-likeness (QED) is 0.875. The van der Waals surface area contributed by atoms with E-state index in [0.717, 1.165) is 22.3 Å². The molecule has 18 heavy (non-hydrogen) atoms. The van der Waals surface area contributed by atoms with Crippen LogP contribution >= 0.6 is 28.1 Å². The fourth-order valence-corrected chi connectivity index (χ4v) is 2.69. The molecule has 0 spiro atoms. The first-order chi connectivity index (χ1) is 8.74. The number of H-pyrrole nitrogens is 1. The first kappa shape index (κ1) is 12.0. The maximum absolute atomic E-state index is 5.30. The monoisotopic (exact) mass is 321 g/mol. The molecule has 1 fully saturated rings. The summed E-state index contributed by atoms with van der Waals surface area (Å²) in [7, 11) is 0. The summed E-state index contributed by atoms with van der Waals surface area (Å²) in [6.45, 7) is 0. The Morgan fingerprint density at radius 2 is 2.28 bits per heavy atom. The van der Waals surface area contributed by atoms with Crippen molar-refractivity contribution in [1.82, 2.24) is 15.0 Å². The van der Waals surface area contributed by atoms with Gasteiger partial charge in [-0.1, -0.05) is 18.3 Å². The molecular formula is C13H12BrN3S. The van der Waals surface area contributed by atoms with Crippen LogP contribution in [0.4, 0.5) is 0 Å². The van der Waals surface area contributed by atoms with Crippen molar-refractivity contribution in [2.75, 3.05) is 0 Å². The van der Waals surface area contributed by atoms with Crippen molar-refractivity contribution in [2.24, 2.45) is 0 Å². The van der Waals surface area contributed by atoms with E-state index < -0.39 is 0 Å². The van der Waals surface area contributed by atoms with Crippen molar-refractivity contribution in [3.63, 3.8) is 0 Å². The van der Waals surface area contributed by atoms with Crippen LogP contribution < -0.4 is 0 Å². The molecule has 3 nitrogen and oxygen atoms in total. The van der Waals surface area contributed by atoms with Crippen molar-refractivity contribution in [1.29, 1.82) is 0 Å². The molecule has 0 aromatic carbocycles. The zero-order valence-corrected chi connectivity index (χ0v) is 12.1. The summed E-state index contributed by atoms with van der Waals surface area (Å²) in [5.74, 6) is 1.54. The zero-order chi connectivity index (χ0) is 12.5. The van der Waals surface area contributed by atoms with Gasteiger partial charge in [0.15, 0.2) is 0 Å². The summed E-state index contributed by atoms with van der Waals surface area (Å²) in [4.78, 5) is 11.9. The maximum Gasteiger partial charge on any atom is 0.144 e. The van der Waals surface area contributed by atoms with Gasteiger partial charge in [0.05, 0.1) is 4.47 Å². The van der Waals surface area contributed by atoms with Gasteiger partial charge in [-0.3, -0.25) is 4.98 Å². The molecule has 92 valence electrons. The molecule has 2 heterocycles. The van der Waals surface area contributed by atoms with E-state index in [-0.39, 0.29) is 0 Å². The van der Waals surface area contributed by atoms with Crippen LogP contribution in [0.25, 0.3) is 0 Å². The summed E-state index contributed by atoms with van der Waals surface area (Å²) in [5.41, 5.74) is 2.34. The third-order valence-corrected chi connectivity index (χ3v) is 4.38. The first-order valence-corrected chi connectivity index (χ1v) is 7.11. The lowest BCUT2D eigenvalue weighted by Crippen LogP contribution is -2.02. The molecule has 3 rings (SSSR count). The molecule has 1 N–H and O–H groups in total. The minimum atomic E-state index is 0.622. The molecule has 0 aliphatic heterocycles. The van der Waals surface area contributed by atoms with Crippen LogP contribution in [0.2, 0.25) is 0 Å². The highest BCUT2D eigenvalue weighted by Crippen LogP contribution is 2.42. The second-order valence-corrected chi connectivity index (χ2v) is 5.71. The van der Waals surface area contributed by atoms with Crippen LogP contribution in [-0.2, 0) is 6.42 Å². The first-order valence-electron chi connectivity index (χ1n) is 5.91. The number of aromatic amines is 1. The Balaban J connectivity index is 1.95. The number of hydrogen-bond donors (Lipinski definition) is 1. The van der Waals surface area contributed by atoms with Crippen molar-refractivity contribution in [3.8, 4) is 0 Å². The molecule has 2 aromatic rings. The van der Waals surface area contributed by atoms with Gasteiger partial charge in [-0.25, -0.2) is 4.98 Å². The standard InChI is InChI=1S/C13H12BrN3S/c14-11-12(9-3-4-9)16-10(17-13(11)18)6-8-2-1-5-15-7-8/h1-2,5,7,9H,3-4,6H2,(H,16,17,18). The van der Waals surface area contributed by atoms with E-state index in [0.29, 0.717) is 10.6 Å². The fraction of sp³-hybridized carbons (Fsp3) is 0.308. The Morgan fingerprint density at radius 3 is 2.94 bits per heavy atom. The Morgan fingerprint density at radius 1 is 1.44 bits per heavy atom. The molecule has 0 radical (unpaired) electrons. The Hall–Kier alpha value is -1.07. The summed E-state index contributed by atoms with van der Waals surface area (Å²) in [6, 6.07) is 3.98. The minimum Gasteiger partial charge on any atom is -0.346 e. The van der Waals surface area contributed by atoms with Gasteiger partial charge in [-0.15, -0.1) is 0 Å². The molecule has 0 amide bonds. The SMILES string of the molecule is S=c1nc(Cc2cccnc2)[nH]c(C2CC2)c1Br. The Bertz CT molecular complexity index is 620. The van der Waals surface area contributed by atoms with E-state index in [1.165, 1.54) is 18.5 Å². The largest absolute Gasteiger partial charge is 0.346 e. The third-order valence-electron chi connectivity index (χ3n) is 3.02. The summed E-state index contributed by atoms with van der Waals surface area (Å²) in [5, 5.41) is 0. The number of nitrogens with zero attached hydrogens (tertiary/aromatic N) is 2. The molecule has 1 aliphatic rings. The molecule has 1 saturated carbocycles. The van der Waals surface area contributed by atoms with E-state index in [2.05, 4.69) is 30.9 Å². The topological polar surface area (TPSA) is 41.6 Å². The van der Waals surface area contributed by atoms with E-state index in [1.54, 1.807) is 6.20 Å². The van der Waals surface area contributed by atoms with Gasteiger partial charge in [0.25, 0.3) is 0 Å². The molecule has 0 unspecified atom stereocenters. The fourth-order valence-electron chi connectivity index (χ4n) is 1.96. The smallest absolute Gasteiger partial charge is 0.144 e. The second-order valence-electron chi connectivity index (χ2n) is 4.53. The lowest BCUT2D eigenvalue weighted by molar-refractivity contribution is 0.880. The average Bonchev–Trinajstić information content (AvgIpc) is 3.19. The molecule has 0 bridgehead atoms. The summed E-state index contributed by atoms with van der Waals surface area (Å²) >= 11 is 8.83. The normalized spacial score (nSPS) is 14.7. The van der Waals surface area contributed by atoms with Crippen LogP contribution in [-0.4, -0.2) is 15.0 Å². The lowest BCUT2D eigenvalue weighted by Gasteiger charge is -2.07. The molecule has 5 heteroatoms.